The van der Waals surface area contributed by atoms with Crippen molar-refractivity contribution in [3.63, 3.8) is 0 Å². The van der Waals surface area contributed by atoms with Crippen molar-refractivity contribution in [1.29, 1.82) is 0 Å². The van der Waals surface area contributed by atoms with E-state index >= 15 is 0 Å². The molecule has 2 saturated carbocycles. The predicted molar refractivity (Wildman–Crippen MR) is 226 cm³/mol. The number of ether oxygens (including phenoxy) is 2. The number of allylic oxidation sites excluding steroid dienone is 5. The van der Waals surface area contributed by atoms with E-state index in [1.807, 2.05) is 12.2 Å². The van der Waals surface area contributed by atoms with Crippen LogP contribution in [0.15, 0.2) is 58.6 Å². The van der Waals surface area contributed by atoms with Crippen molar-refractivity contribution < 1.29 is 54.7 Å². The first-order chi connectivity index (χ1) is 30.5. The van der Waals surface area contributed by atoms with Gasteiger partial charge in [0.15, 0.2) is 5.82 Å². The third-order valence-corrected chi connectivity index (χ3v) is 15.5. The summed E-state index contributed by atoms with van der Waals surface area (Å²) in [6.07, 6.45) is 4.17. The Morgan fingerprint density at radius 3 is 2.55 bits per heavy atom. The molecular weight excluding hydrogens is 860 g/mol. The van der Waals surface area contributed by atoms with Gasteiger partial charge in [-0.15, -0.1) is 0 Å². The fourth-order valence-corrected chi connectivity index (χ4v) is 10.3. The van der Waals surface area contributed by atoms with Gasteiger partial charge in [0.05, 0.1) is 24.5 Å². The van der Waals surface area contributed by atoms with Crippen LogP contribution in [0.4, 0.5) is 18.0 Å². The monoisotopic (exact) mass is 909 g/mol. The number of hydrogen-bond donors (Lipinski definition) is 3. The summed E-state index contributed by atoms with van der Waals surface area (Å²) < 4.78 is 86.5. The zero-order valence-electron chi connectivity index (χ0n) is 35.2. The number of carbonyl (C=O) groups excluding carboxylic acids is 4. The number of sulfonamides is 1. The zero-order chi connectivity index (χ0) is 45.0. The lowest BCUT2D eigenvalue weighted by Gasteiger charge is -2.32. The molecule has 3 aliphatic carbocycles. The minimum atomic E-state index is -4.48. The van der Waals surface area contributed by atoms with Crippen molar-refractivity contribution in [3.05, 3.63) is 60.0 Å². The maximum Gasteiger partial charge on any atom is 0.412 e. The van der Waals surface area contributed by atoms with E-state index in [4.69, 9.17) is 18.9 Å². The number of halogens is 3. The molecule has 16 nitrogen and oxygen atoms in total. The maximum absolute atomic E-state index is 14.8. The summed E-state index contributed by atoms with van der Waals surface area (Å²) in [7, 11) is -4.07. The molecule has 1 aromatic carbocycles. The van der Waals surface area contributed by atoms with Crippen LogP contribution in [-0.4, -0.2) is 119 Å². The number of fused-ring (bicyclic) bond motifs is 5. The van der Waals surface area contributed by atoms with Crippen LogP contribution in [0, 0.1) is 5.92 Å². The highest BCUT2D eigenvalue weighted by Gasteiger charge is 2.63. The van der Waals surface area contributed by atoms with Gasteiger partial charge in [-0.05, 0) is 76.0 Å². The second-order valence-electron chi connectivity index (χ2n) is 17.8. The summed E-state index contributed by atoms with van der Waals surface area (Å²) in [4.78, 5) is 69.4. The Kier molecular flexibility index (Phi) is 11.5. The van der Waals surface area contributed by atoms with E-state index in [-0.39, 0.29) is 55.9 Å². The standard InChI is InChI=1S/C44H50F3N7O9S/c1-42(17-18-42)64(59,60)52-40(57)43-24-28(43)9-5-3-2-4-6-11-31(48-41(58)53-19-21-61-22-20-53)39(56)54-25-29(23-32(54)37(55)51-43)62-38-35-34(30-10-7-8-12-33(30)63-35)49-36(50-38)26-13-15-27(16-14-26)44(45,46)47/h5,7-10,12-13,15,28-29,31-32H,2-4,6,11,14,16-25H2,1H3,(H,48,58)(H,51,55)(H,52,57)/b9-5-/t28-,29-,31+,32+,43-/m1/s1. The number of benzene rings is 1. The molecule has 3 aromatic rings. The van der Waals surface area contributed by atoms with E-state index in [1.54, 1.807) is 36.1 Å². The Hall–Kier alpha value is -5.50. The van der Waals surface area contributed by atoms with E-state index < -0.39 is 79.9 Å². The number of aromatic nitrogens is 2. The molecule has 3 N–H and O–H groups in total. The van der Waals surface area contributed by atoms with Crippen LogP contribution < -0.4 is 20.1 Å². The van der Waals surface area contributed by atoms with E-state index in [9.17, 15) is 40.8 Å². The highest BCUT2D eigenvalue weighted by molar-refractivity contribution is 7.91. The van der Waals surface area contributed by atoms with Gasteiger partial charge in [0.2, 0.25) is 27.4 Å². The van der Waals surface area contributed by atoms with Gasteiger partial charge in [-0.25, -0.2) is 18.2 Å². The molecule has 0 bridgehead atoms. The molecule has 5 atom stereocenters. The molecule has 342 valence electrons. The van der Waals surface area contributed by atoms with Crippen molar-refractivity contribution >= 4 is 61.4 Å². The van der Waals surface area contributed by atoms with Gasteiger partial charge in [-0.1, -0.05) is 49.3 Å². The van der Waals surface area contributed by atoms with Gasteiger partial charge < -0.3 is 34.3 Å². The molecule has 5 heterocycles. The summed E-state index contributed by atoms with van der Waals surface area (Å²) in [6.45, 7) is 2.74. The van der Waals surface area contributed by atoms with Crippen molar-refractivity contribution in [2.75, 3.05) is 32.8 Å². The minimum Gasteiger partial charge on any atom is -0.470 e. The molecule has 64 heavy (non-hydrogen) atoms. The van der Waals surface area contributed by atoms with Gasteiger partial charge >= 0.3 is 12.2 Å². The molecule has 2 saturated heterocycles. The summed E-state index contributed by atoms with van der Waals surface area (Å²) in [5.41, 5.74) is -0.895. The second-order valence-corrected chi connectivity index (χ2v) is 20.0. The van der Waals surface area contributed by atoms with Crippen LogP contribution in [0.2, 0.25) is 0 Å². The molecule has 5 amide bonds. The van der Waals surface area contributed by atoms with Crippen LogP contribution in [0.1, 0.15) is 83.4 Å². The predicted octanol–water partition coefficient (Wildman–Crippen LogP) is 5.19. The first kappa shape index (κ1) is 43.7. The number of nitrogens with one attached hydrogen (secondary N) is 3. The lowest BCUT2D eigenvalue weighted by atomic mass is 9.97. The number of urea groups is 1. The molecule has 4 fully saturated rings. The number of para-hydroxylation sites is 1. The molecule has 6 aliphatic rings. The number of alkyl halides is 3. The van der Waals surface area contributed by atoms with E-state index in [2.05, 4.69) is 20.3 Å². The number of carbonyl (C=O) groups is 4. The molecule has 2 aromatic heterocycles. The molecule has 0 radical (unpaired) electrons. The van der Waals surface area contributed by atoms with Crippen molar-refractivity contribution in [1.82, 2.24) is 35.1 Å². The summed E-state index contributed by atoms with van der Waals surface area (Å²) in [5.74, 6) is -2.57. The first-order valence-electron chi connectivity index (χ1n) is 21.9. The number of furan rings is 1. The maximum atomic E-state index is 14.8. The topological polar surface area (TPSA) is 202 Å². The Balaban J connectivity index is 1.06. The average Bonchev–Trinajstić information content (AvgIpc) is 4.10. The largest absolute Gasteiger partial charge is 0.470 e. The lowest BCUT2D eigenvalue weighted by Crippen LogP contribution is -2.59. The van der Waals surface area contributed by atoms with Crippen molar-refractivity contribution in [3.8, 4) is 5.88 Å². The van der Waals surface area contributed by atoms with Crippen molar-refractivity contribution in [2.24, 2.45) is 5.92 Å². The third kappa shape index (κ3) is 8.57. The fourth-order valence-electron chi connectivity index (χ4n) is 8.96. The minimum absolute atomic E-state index is 0.00361. The smallest absolute Gasteiger partial charge is 0.412 e. The fraction of sp³-hybridized carbons (Fsp3) is 0.545. The average molecular weight is 910 g/mol. The van der Waals surface area contributed by atoms with Crippen molar-refractivity contribution in [2.45, 2.75) is 112 Å². The van der Waals surface area contributed by atoms with E-state index in [0.717, 1.165) is 12.5 Å². The van der Waals surface area contributed by atoms with Crippen LogP contribution in [0.3, 0.4) is 0 Å². The number of rotatable bonds is 7. The summed E-state index contributed by atoms with van der Waals surface area (Å²) in [6, 6.07) is 4.31. The SMILES string of the molecule is CC1(S(=O)(=O)NC(=O)[C@@]23C[C@H]2/C=C\CCCCC[C@H](NC(=O)N2CCOCC2)C(=O)N2C[C@H](Oc4nc(C5=CC=C(C(F)(F)F)CC5)nc5c4oc4ccccc45)C[C@H]2C(=O)N3)CC1. The van der Waals surface area contributed by atoms with Crippen LogP contribution in [-0.2, 0) is 29.1 Å². The first-order valence-corrected chi connectivity index (χ1v) is 23.4. The Bertz CT molecular complexity index is 2580. The highest BCUT2D eigenvalue weighted by Crippen LogP contribution is 2.48. The Morgan fingerprint density at radius 2 is 1.81 bits per heavy atom. The summed E-state index contributed by atoms with van der Waals surface area (Å²) in [5, 5.41) is 6.39. The van der Waals surface area contributed by atoms with E-state index in [1.165, 1.54) is 11.0 Å². The van der Waals surface area contributed by atoms with Gasteiger partial charge in [-0.3, -0.25) is 19.1 Å². The number of hydrogen-bond acceptors (Lipinski definition) is 11. The molecule has 9 rings (SSSR count). The Labute approximate surface area is 367 Å². The second kappa shape index (κ2) is 16.8. The third-order valence-electron chi connectivity index (χ3n) is 13.3. The van der Waals surface area contributed by atoms with Crippen LogP contribution >= 0.6 is 0 Å². The van der Waals surface area contributed by atoms with Gasteiger partial charge in [0.25, 0.3) is 11.8 Å². The highest BCUT2D eigenvalue weighted by atomic mass is 32.2. The number of morpholine rings is 1. The number of amides is 5. The van der Waals surface area contributed by atoms with Gasteiger partial charge in [0, 0.05) is 36.4 Å². The van der Waals surface area contributed by atoms with Gasteiger partial charge in [-0.2, -0.15) is 18.2 Å². The molecule has 20 heteroatoms. The van der Waals surface area contributed by atoms with Crippen LogP contribution in [0.5, 0.6) is 5.88 Å². The van der Waals surface area contributed by atoms with Gasteiger partial charge in [0.1, 0.15) is 34.8 Å². The normalized spacial score (nSPS) is 28.1. The zero-order valence-corrected chi connectivity index (χ0v) is 36.1. The quantitative estimate of drug-likeness (QED) is 0.263. The summed E-state index contributed by atoms with van der Waals surface area (Å²) >= 11 is 0. The Morgan fingerprint density at radius 1 is 1.03 bits per heavy atom. The molecular formula is C44H50F3N7O9S. The van der Waals surface area contributed by atoms with Crippen LogP contribution in [0.25, 0.3) is 27.6 Å². The molecule has 0 spiro atoms. The molecule has 0 unspecified atom stereocenters. The molecule has 3 aliphatic heterocycles. The van der Waals surface area contributed by atoms with E-state index in [0.29, 0.717) is 80.5 Å². The lowest BCUT2D eigenvalue weighted by molar-refractivity contribution is -0.141. The number of nitrogens with zero attached hydrogens (tertiary/aromatic N) is 4.